The SMILES string of the molecule is C=C[C@@H]1O[C@@H]2OC(C)(C)O[C@@H]2[C@@H]1O. The predicted octanol–water partition coefficient (Wildman–Crippen LogP) is 0.410. The number of aliphatic hydroxyl groups excluding tert-OH is 1. The van der Waals surface area contributed by atoms with Crippen LogP contribution in [0.1, 0.15) is 13.8 Å². The van der Waals surface area contributed by atoms with Gasteiger partial charge in [-0.3, -0.25) is 0 Å². The molecule has 4 atom stereocenters. The van der Waals surface area contributed by atoms with Crippen LogP contribution in [0.5, 0.6) is 0 Å². The van der Waals surface area contributed by atoms with Gasteiger partial charge in [0.05, 0.1) is 0 Å². The molecule has 13 heavy (non-hydrogen) atoms. The maximum absolute atomic E-state index is 9.69. The molecular formula is C9H14O4. The second-order valence-corrected chi connectivity index (χ2v) is 3.80. The minimum absolute atomic E-state index is 0.383. The molecule has 0 aromatic carbocycles. The summed E-state index contributed by atoms with van der Waals surface area (Å²) in [4.78, 5) is 0. The largest absolute Gasteiger partial charge is 0.387 e. The molecule has 0 amide bonds. The number of hydrogen-bond donors (Lipinski definition) is 1. The average Bonchev–Trinajstić information content (AvgIpc) is 2.47. The van der Waals surface area contributed by atoms with Gasteiger partial charge in [0.15, 0.2) is 12.1 Å². The number of hydrogen-bond acceptors (Lipinski definition) is 4. The van der Waals surface area contributed by atoms with E-state index in [1.165, 1.54) is 0 Å². The Kier molecular flexibility index (Phi) is 1.96. The molecule has 0 aliphatic carbocycles. The molecule has 4 heteroatoms. The Morgan fingerprint density at radius 3 is 2.62 bits per heavy atom. The van der Waals surface area contributed by atoms with Crippen LogP contribution in [0.4, 0.5) is 0 Å². The summed E-state index contributed by atoms with van der Waals surface area (Å²) in [6.45, 7) is 7.15. The van der Waals surface area contributed by atoms with Crippen LogP contribution >= 0.6 is 0 Å². The Morgan fingerprint density at radius 2 is 2.08 bits per heavy atom. The zero-order chi connectivity index (χ0) is 9.64. The maximum atomic E-state index is 9.69. The van der Waals surface area contributed by atoms with E-state index in [1.54, 1.807) is 19.9 Å². The van der Waals surface area contributed by atoms with Crippen LogP contribution in [0.25, 0.3) is 0 Å². The fourth-order valence-electron chi connectivity index (χ4n) is 1.71. The maximum Gasteiger partial charge on any atom is 0.190 e. The van der Waals surface area contributed by atoms with Crippen molar-refractivity contribution >= 4 is 0 Å². The molecule has 4 nitrogen and oxygen atoms in total. The van der Waals surface area contributed by atoms with Gasteiger partial charge in [-0.2, -0.15) is 0 Å². The van der Waals surface area contributed by atoms with Gasteiger partial charge in [-0.05, 0) is 13.8 Å². The Balaban J connectivity index is 2.11. The molecule has 2 aliphatic rings. The number of fused-ring (bicyclic) bond motifs is 1. The van der Waals surface area contributed by atoms with E-state index in [-0.39, 0.29) is 6.10 Å². The first kappa shape index (κ1) is 9.15. The van der Waals surface area contributed by atoms with Crippen LogP contribution in [-0.4, -0.2) is 35.5 Å². The number of aliphatic hydroxyl groups is 1. The third-order valence-electron chi connectivity index (χ3n) is 2.28. The first-order valence-corrected chi connectivity index (χ1v) is 4.35. The molecule has 2 heterocycles. The molecule has 74 valence electrons. The lowest BCUT2D eigenvalue weighted by atomic mass is 10.1. The normalized spacial score (nSPS) is 47.6. The van der Waals surface area contributed by atoms with Gasteiger partial charge in [0.25, 0.3) is 0 Å². The standard InChI is InChI=1S/C9H14O4/c1-4-5-6(10)7-8(11-5)13-9(2,3)12-7/h4-8,10H,1H2,2-3H3/t5-,6+,7+,8+/m0/s1. The molecule has 0 unspecified atom stereocenters. The third-order valence-corrected chi connectivity index (χ3v) is 2.28. The van der Waals surface area contributed by atoms with Crippen molar-refractivity contribution in [3.8, 4) is 0 Å². The summed E-state index contributed by atoms with van der Waals surface area (Å²) >= 11 is 0. The van der Waals surface area contributed by atoms with Gasteiger partial charge >= 0.3 is 0 Å². The second kappa shape index (κ2) is 2.78. The molecule has 0 spiro atoms. The van der Waals surface area contributed by atoms with Crippen molar-refractivity contribution in [2.75, 3.05) is 0 Å². The van der Waals surface area contributed by atoms with Gasteiger partial charge in [-0.25, -0.2) is 0 Å². The van der Waals surface area contributed by atoms with Crippen molar-refractivity contribution in [2.24, 2.45) is 0 Å². The Labute approximate surface area is 77.1 Å². The summed E-state index contributed by atoms with van der Waals surface area (Å²) in [5.74, 6) is -0.664. The Hall–Kier alpha value is -0.420. The fourth-order valence-corrected chi connectivity index (χ4v) is 1.71. The Bertz CT molecular complexity index is 226. The molecule has 1 N–H and O–H groups in total. The second-order valence-electron chi connectivity index (χ2n) is 3.80. The summed E-state index contributed by atoms with van der Waals surface area (Å²) < 4.78 is 16.3. The predicted molar refractivity (Wildman–Crippen MR) is 44.9 cm³/mol. The van der Waals surface area contributed by atoms with E-state index in [0.29, 0.717) is 0 Å². The summed E-state index contributed by atoms with van der Waals surface area (Å²) in [5, 5.41) is 9.69. The molecule has 2 saturated heterocycles. The highest BCUT2D eigenvalue weighted by Gasteiger charge is 2.53. The first-order valence-electron chi connectivity index (χ1n) is 4.35. The van der Waals surface area contributed by atoms with Crippen LogP contribution in [0.15, 0.2) is 12.7 Å². The van der Waals surface area contributed by atoms with Crippen molar-refractivity contribution in [3.63, 3.8) is 0 Å². The average molecular weight is 186 g/mol. The van der Waals surface area contributed by atoms with Crippen molar-refractivity contribution < 1.29 is 19.3 Å². The van der Waals surface area contributed by atoms with E-state index in [0.717, 1.165) is 0 Å². The van der Waals surface area contributed by atoms with Gasteiger partial charge < -0.3 is 19.3 Å². The topological polar surface area (TPSA) is 47.9 Å². The van der Waals surface area contributed by atoms with Crippen LogP contribution in [0, 0.1) is 0 Å². The van der Waals surface area contributed by atoms with Crippen LogP contribution in [0.2, 0.25) is 0 Å². The highest BCUT2D eigenvalue weighted by atomic mass is 16.8. The zero-order valence-corrected chi connectivity index (χ0v) is 7.77. The Morgan fingerprint density at radius 1 is 1.38 bits per heavy atom. The van der Waals surface area contributed by atoms with Gasteiger partial charge in [-0.1, -0.05) is 6.08 Å². The van der Waals surface area contributed by atoms with Crippen LogP contribution in [-0.2, 0) is 14.2 Å². The number of ether oxygens (including phenoxy) is 3. The van der Waals surface area contributed by atoms with E-state index >= 15 is 0 Å². The summed E-state index contributed by atoms with van der Waals surface area (Å²) in [5.41, 5.74) is 0. The monoisotopic (exact) mass is 186 g/mol. The van der Waals surface area contributed by atoms with Crippen molar-refractivity contribution in [1.82, 2.24) is 0 Å². The van der Waals surface area contributed by atoms with Crippen LogP contribution in [0.3, 0.4) is 0 Å². The lowest BCUT2D eigenvalue weighted by Crippen LogP contribution is -2.33. The molecule has 0 saturated carbocycles. The molecule has 0 aromatic heterocycles. The molecule has 2 rings (SSSR count). The van der Waals surface area contributed by atoms with E-state index < -0.39 is 24.3 Å². The van der Waals surface area contributed by atoms with E-state index in [1.807, 2.05) is 0 Å². The molecule has 0 bridgehead atoms. The highest BCUT2D eigenvalue weighted by molar-refractivity contribution is 4.99. The molecule has 0 aromatic rings. The van der Waals surface area contributed by atoms with Crippen molar-refractivity contribution in [3.05, 3.63) is 12.7 Å². The lowest BCUT2D eigenvalue weighted by Gasteiger charge is -2.21. The van der Waals surface area contributed by atoms with Crippen molar-refractivity contribution in [2.45, 2.75) is 44.2 Å². The molecule has 0 radical (unpaired) electrons. The smallest absolute Gasteiger partial charge is 0.190 e. The fraction of sp³-hybridized carbons (Fsp3) is 0.778. The first-order chi connectivity index (χ1) is 6.03. The van der Waals surface area contributed by atoms with E-state index in [9.17, 15) is 5.11 Å². The molecule has 2 aliphatic heterocycles. The van der Waals surface area contributed by atoms with Gasteiger partial charge in [-0.15, -0.1) is 6.58 Å². The molecule has 2 fully saturated rings. The quantitative estimate of drug-likeness (QED) is 0.602. The van der Waals surface area contributed by atoms with Gasteiger partial charge in [0, 0.05) is 0 Å². The van der Waals surface area contributed by atoms with Crippen LogP contribution < -0.4 is 0 Å². The van der Waals surface area contributed by atoms with Gasteiger partial charge in [0.1, 0.15) is 18.3 Å². The van der Waals surface area contributed by atoms with Gasteiger partial charge in [0.2, 0.25) is 0 Å². The summed E-state index contributed by atoms with van der Waals surface area (Å²) in [6.07, 6.45) is -0.357. The van der Waals surface area contributed by atoms with Crippen molar-refractivity contribution in [1.29, 1.82) is 0 Å². The minimum atomic E-state index is -0.677. The highest BCUT2D eigenvalue weighted by Crippen LogP contribution is 2.37. The third kappa shape index (κ3) is 1.40. The summed E-state index contributed by atoms with van der Waals surface area (Å²) in [7, 11) is 0. The lowest BCUT2D eigenvalue weighted by molar-refractivity contribution is -0.209. The van der Waals surface area contributed by atoms with E-state index in [2.05, 4.69) is 6.58 Å². The molecular weight excluding hydrogens is 172 g/mol. The minimum Gasteiger partial charge on any atom is -0.387 e. The number of rotatable bonds is 1. The van der Waals surface area contributed by atoms with E-state index in [4.69, 9.17) is 14.2 Å². The zero-order valence-electron chi connectivity index (χ0n) is 7.77. The summed E-state index contributed by atoms with van der Waals surface area (Å²) in [6, 6.07) is 0.